The van der Waals surface area contributed by atoms with Gasteiger partial charge in [0.1, 0.15) is 17.1 Å². The highest BCUT2D eigenvalue weighted by Gasteiger charge is 2.38. The van der Waals surface area contributed by atoms with E-state index in [9.17, 15) is 4.79 Å². The molecule has 33 heavy (non-hydrogen) atoms. The topological polar surface area (TPSA) is 47.6 Å². The molecule has 3 aromatic carbocycles. The highest BCUT2D eigenvalue weighted by molar-refractivity contribution is 7.99. The number of rotatable bonds is 9. The zero-order valence-corrected chi connectivity index (χ0v) is 20.1. The molecule has 4 nitrogen and oxygen atoms in total. The molecule has 3 aromatic rings. The molecule has 4 rings (SSSR count). The Morgan fingerprint density at radius 2 is 1.70 bits per heavy atom. The summed E-state index contributed by atoms with van der Waals surface area (Å²) in [6.07, 6.45) is 2.57. The van der Waals surface area contributed by atoms with Gasteiger partial charge in [-0.1, -0.05) is 50.2 Å². The van der Waals surface area contributed by atoms with Gasteiger partial charge in [0.25, 0.3) is 5.91 Å². The van der Waals surface area contributed by atoms with Crippen LogP contribution < -0.4 is 14.8 Å². The molecule has 1 aliphatic heterocycles. The molecule has 0 unspecified atom stereocenters. The second-order valence-electron chi connectivity index (χ2n) is 8.29. The van der Waals surface area contributed by atoms with Gasteiger partial charge >= 0.3 is 0 Å². The van der Waals surface area contributed by atoms with Gasteiger partial charge in [0, 0.05) is 28.2 Å². The van der Waals surface area contributed by atoms with Crippen molar-refractivity contribution in [2.45, 2.75) is 49.6 Å². The Morgan fingerprint density at radius 1 is 1.00 bits per heavy atom. The first-order valence-electron chi connectivity index (χ1n) is 11.6. The second-order valence-corrected chi connectivity index (χ2v) is 9.46. The van der Waals surface area contributed by atoms with Crippen LogP contribution in [0.1, 0.15) is 55.1 Å². The van der Waals surface area contributed by atoms with Crippen LogP contribution in [0, 0.1) is 0 Å². The molecule has 0 saturated carbocycles. The summed E-state index contributed by atoms with van der Waals surface area (Å²) in [7, 11) is 0. The summed E-state index contributed by atoms with van der Waals surface area (Å²) in [6.45, 7) is 4.90. The van der Waals surface area contributed by atoms with Gasteiger partial charge in [0.2, 0.25) is 0 Å². The maximum Gasteiger partial charge on any atom is 0.251 e. The van der Waals surface area contributed by atoms with Crippen molar-refractivity contribution in [1.82, 2.24) is 5.32 Å². The highest BCUT2D eigenvalue weighted by Crippen LogP contribution is 2.42. The molecule has 1 atom stereocenters. The first kappa shape index (κ1) is 23.2. The van der Waals surface area contributed by atoms with Crippen molar-refractivity contribution in [3.05, 3.63) is 90.0 Å². The summed E-state index contributed by atoms with van der Waals surface area (Å²) in [5.41, 5.74) is 1.42. The van der Waals surface area contributed by atoms with Crippen molar-refractivity contribution in [3.8, 4) is 11.5 Å². The number of thioether (sulfide) groups is 1. The Morgan fingerprint density at radius 3 is 2.42 bits per heavy atom. The average Bonchev–Trinajstić information content (AvgIpc) is 2.87. The summed E-state index contributed by atoms with van der Waals surface area (Å²) in [5.74, 6) is 2.43. The minimum atomic E-state index is -0.248. The van der Waals surface area contributed by atoms with Crippen LogP contribution in [-0.2, 0) is 0 Å². The molecule has 1 heterocycles. The van der Waals surface area contributed by atoms with Crippen molar-refractivity contribution in [1.29, 1.82) is 0 Å². The maximum atomic E-state index is 13.0. The third kappa shape index (κ3) is 5.72. The quantitative estimate of drug-likeness (QED) is 0.286. The SMILES string of the molecule is CCC1(CC)C[C@H](NC(=O)c2ccc(OCCSc3ccccc3)cc2)c2ccccc2O1. The monoisotopic (exact) mass is 461 g/mol. The summed E-state index contributed by atoms with van der Waals surface area (Å²) in [5, 5.41) is 3.24. The first-order chi connectivity index (χ1) is 16.1. The molecule has 0 spiro atoms. The predicted molar refractivity (Wildman–Crippen MR) is 134 cm³/mol. The smallest absolute Gasteiger partial charge is 0.251 e. The van der Waals surface area contributed by atoms with Crippen LogP contribution >= 0.6 is 11.8 Å². The van der Waals surface area contributed by atoms with Gasteiger partial charge in [-0.3, -0.25) is 4.79 Å². The van der Waals surface area contributed by atoms with E-state index in [-0.39, 0.29) is 17.6 Å². The fourth-order valence-corrected chi connectivity index (χ4v) is 4.96. The van der Waals surface area contributed by atoms with Crippen LogP contribution in [0.2, 0.25) is 0 Å². The minimum absolute atomic E-state index is 0.0757. The van der Waals surface area contributed by atoms with Gasteiger partial charge in [0.05, 0.1) is 12.6 Å². The Bertz CT molecular complexity index is 1050. The molecule has 0 bridgehead atoms. The second kappa shape index (κ2) is 10.8. The van der Waals surface area contributed by atoms with E-state index in [4.69, 9.17) is 9.47 Å². The molecule has 172 valence electrons. The molecule has 0 radical (unpaired) electrons. The zero-order chi connectivity index (χ0) is 23.1. The van der Waals surface area contributed by atoms with E-state index >= 15 is 0 Å². The summed E-state index contributed by atoms with van der Waals surface area (Å²) >= 11 is 1.77. The summed E-state index contributed by atoms with van der Waals surface area (Å²) in [6, 6.07) is 25.6. The molecule has 0 aromatic heterocycles. The van der Waals surface area contributed by atoms with E-state index in [1.165, 1.54) is 4.90 Å². The van der Waals surface area contributed by atoms with Crippen LogP contribution in [0.15, 0.2) is 83.8 Å². The first-order valence-corrected chi connectivity index (χ1v) is 12.6. The fraction of sp³-hybridized carbons (Fsp3) is 0.321. The van der Waals surface area contributed by atoms with Crippen LogP contribution in [0.25, 0.3) is 0 Å². The van der Waals surface area contributed by atoms with Gasteiger partial charge in [-0.15, -0.1) is 11.8 Å². The molecule has 0 fully saturated rings. The average molecular weight is 462 g/mol. The third-order valence-corrected chi connectivity index (χ3v) is 7.25. The molecule has 1 aliphatic rings. The molecule has 1 N–H and O–H groups in total. The number of hydrogen-bond donors (Lipinski definition) is 1. The molecular weight excluding hydrogens is 430 g/mol. The van der Waals surface area contributed by atoms with Crippen LogP contribution in [-0.4, -0.2) is 23.9 Å². The number of amides is 1. The minimum Gasteiger partial charge on any atom is -0.493 e. The maximum absolute atomic E-state index is 13.0. The van der Waals surface area contributed by atoms with Gasteiger partial charge < -0.3 is 14.8 Å². The Kier molecular flexibility index (Phi) is 7.61. The lowest BCUT2D eigenvalue weighted by Crippen LogP contribution is -2.44. The number of carbonyl (C=O) groups excluding carboxylic acids is 1. The van der Waals surface area contributed by atoms with E-state index in [2.05, 4.69) is 31.3 Å². The fourth-order valence-electron chi connectivity index (χ4n) is 4.21. The lowest BCUT2D eigenvalue weighted by Gasteiger charge is -2.41. The number of hydrogen-bond acceptors (Lipinski definition) is 4. The van der Waals surface area contributed by atoms with Gasteiger partial charge in [-0.25, -0.2) is 0 Å². The third-order valence-electron chi connectivity index (χ3n) is 6.27. The van der Waals surface area contributed by atoms with E-state index < -0.39 is 0 Å². The van der Waals surface area contributed by atoms with Crippen LogP contribution in [0.5, 0.6) is 11.5 Å². The van der Waals surface area contributed by atoms with Crippen molar-refractivity contribution in [2.24, 2.45) is 0 Å². The van der Waals surface area contributed by atoms with Gasteiger partial charge in [-0.05, 0) is 55.3 Å². The van der Waals surface area contributed by atoms with Crippen molar-refractivity contribution in [2.75, 3.05) is 12.4 Å². The number of para-hydroxylation sites is 1. The van der Waals surface area contributed by atoms with Crippen molar-refractivity contribution in [3.63, 3.8) is 0 Å². The van der Waals surface area contributed by atoms with E-state index in [0.29, 0.717) is 12.2 Å². The number of benzene rings is 3. The summed E-state index contributed by atoms with van der Waals surface area (Å²) < 4.78 is 12.2. The van der Waals surface area contributed by atoms with E-state index in [1.54, 1.807) is 11.8 Å². The standard InChI is InChI=1S/C28H31NO3S/c1-3-28(4-2)20-25(24-12-8-9-13-26(24)32-28)29-27(30)21-14-16-22(17-15-21)31-18-19-33-23-10-6-5-7-11-23/h5-17,25H,3-4,18-20H2,1-2H3,(H,29,30)/t25-/m0/s1. The lowest BCUT2D eigenvalue weighted by atomic mass is 9.83. The number of nitrogens with one attached hydrogen (secondary N) is 1. The van der Waals surface area contributed by atoms with E-state index in [0.717, 1.165) is 42.1 Å². The molecule has 1 amide bonds. The van der Waals surface area contributed by atoms with Gasteiger partial charge in [-0.2, -0.15) is 0 Å². The van der Waals surface area contributed by atoms with E-state index in [1.807, 2.05) is 66.7 Å². The Hall–Kier alpha value is -2.92. The molecule has 0 aliphatic carbocycles. The van der Waals surface area contributed by atoms with Crippen molar-refractivity contribution < 1.29 is 14.3 Å². The molecular formula is C28H31NO3S. The molecule has 5 heteroatoms. The number of ether oxygens (including phenoxy) is 2. The predicted octanol–water partition coefficient (Wildman–Crippen LogP) is 6.67. The Labute approximate surface area is 200 Å². The molecule has 0 saturated heterocycles. The number of carbonyl (C=O) groups is 1. The lowest BCUT2D eigenvalue weighted by molar-refractivity contribution is 0.0227. The largest absolute Gasteiger partial charge is 0.493 e. The Balaban J connectivity index is 1.35. The van der Waals surface area contributed by atoms with Crippen LogP contribution in [0.3, 0.4) is 0 Å². The highest BCUT2D eigenvalue weighted by atomic mass is 32.2. The van der Waals surface area contributed by atoms with Gasteiger partial charge in [0.15, 0.2) is 0 Å². The normalized spacial score (nSPS) is 16.4. The summed E-state index contributed by atoms with van der Waals surface area (Å²) in [4.78, 5) is 14.3. The number of fused-ring (bicyclic) bond motifs is 1. The van der Waals surface area contributed by atoms with Crippen LogP contribution in [0.4, 0.5) is 0 Å². The van der Waals surface area contributed by atoms with Crippen molar-refractivity contribution >= 4 is 17.7 Å². The zero-order valence-electron chi connectivity index (χ0n) is 19.3.